The SMILES string of the molecule is COc1ccc(S(=O)(=O)N2CCCC2C(=O)N=c2sc3cc(C)cc(C)c3n2C)cc1. The number of carbonyl (C=O) groups is 1. The molecule has 0 bridgehead atoms. The van der Waals surface area contributed by atoms with E-state index in [0.717, 1.165) is 21.3 Å². The summed E-state index contributed by atoms with van der Waals surface area (Å²) in [6.45, 7) is 4.37. The van der Waals surface area contributed by atoms with Gasteiger partial charge in [0.1, 0.15) is 11.8 Å². The molecule has 1 saturated heterocycles. The van der Waals surface area contributed by atoms with Gasteiger partial charge >= 0.3 is 0 Å². The Morgan fingerprint density at radius 2 is 1.90 bits per heavy atom. The van der Waals surface area contributed by atoms with Gasteiger partial charge in [0.25, 0.3) is 5.91 Å². The molecule has 0 radical (unpaired) electrons. The summed E-state index contributed by atoms with van der Waals surface area (Å²) in [7, 11) is -0.396. The predicted molar refractivity (Wildman–Crippen MR) is 121 cm³/mol. The first kappa shape index (κ1) is 21.7. The third-order valence-electron chi connectivity index (χ3n) is 5.59. The first-order valence-corrected chi connectivity index (χ1v) is 12.3. The maximum atomic E-state index is 13.2. The van der Waals surface area contributed by atoms with Crippen LogP contribution in [0.4, 0.5) is 0 Å². The highest BCUT2D eigenvalue weighted by molar-refractivity contribution is 7.89. The first-order chi connectivity index (χ1) is 14.7. The molecule has 31 heavy (non-hydrogen) atoms. The average Bonchev–Trinajstić information content (AvgIpc) is 3.34. The highest BCUT2D eigenvalue weighted by atomic mass is 32.2. The Balaban J connectivity index is 1.69. The largest absolute Gasteiger partial charge is 0.497 e. The highest BCUT2D eigenvalue weighted by Gasteiger charge is 2.39. The molecule has 2 aromatic carbocycles. The maximum absolute atomic E-state index is 13.2. The molecule has 164 valence electrons. The van der Waals surface area contributed by atoms with Crippen LogP contribution in [0.1, 0.15) is 24.0 Å². The van der Waals surface area contributed by atoms with Gasteiger partial charge in [-0.3, -0.25) is 4.79 Å². The van der Waals surface area contributed by atoms with Gasteiger partial charge in [0, 0.05) is 13.6 Å². The number of aryl methyl sites for hydroxylation is 3. The molecular weight excluding hydrogens is 434 g/mol. The van der Waals surface area contributed by atoms with Gasteiger partial charge in [0.15, 0.2) is 4.80 Å². The van der Waals surface area contributed by atoms with Crippen LogP contribution in [0, 0.1) is 13.8 Å². The van der Waals surface area contributed by atoms with E-state index in [1.807, 2.05) is 25.5 Å². The third-order valence-corrected chi connectivity index (χ3v) is 8.60. The molecular formula is C22H25N3O4S2. The molecule has 0 N–H and O–H groups in total. The second-order valence-electron chi connectivity index (χ2n) is 7.77. The Morgan fingerprint density at radius 3 is 2.58 bits per heavy atom. The van der Waals surface area contributed by atoms with Gasteiger partial charge in [-0.1, -0.05) is 17.4 Å². The number of thiazole rings is 1. The molecule has 2 heterocycles. The lowest BCUT2D eigenvalue weighted by Gasteiger charge is -2.21. The number of benzene rings is 2. The quantitative estimate of drug-likeness (QED) is 0.600. The fourth-order valence-corrected chi connectivity index (χ4v) is 6.97. The van der Waals surface area contributed by atoms with Crippen LogP contribution in [0.15, 0.2) is 46.3 Å². The van der Waals surface area contributed by atoms with Crippen molar-refractivity contribution in [2.45, 2.75) is 37.6 Å². The summed E-state index contributed by atoms with van der Waals surface area (Å²) in [6, 6.07) is 9.59. The zero-order valence-corrected chi connectivity index (χ0v) is 19.6. The minimum Gasteiger partial charge on any atom is -0.497 e. The molecule has 1 aromatic heterocycles. The lowest BCUT2D eigenvalue weighted by molar-refractivity contribution is -0.121. The number of hydrogen-bond donors (Lipinski definition) is 0. The Hall–Kier alpha value is -2.49. The molecule has 0 aliphatic carbocycles. The van der Waals surface area contributed by atoms with Crippen molar-refractivity contribution in [3.8, 4) is 5.75 Å². The van der Waals surface area contributed by atoms with E-state index >= 15 is 0 Å². The zero-order valence-electron chi connectivity index (χ0n) is 18.0. The van der Waals surface area contributed by atoms with E-state index in [4.69, 9.17) is 4.74 Å². The summed E-state index contributed by atoms with van der Waals surface area (Å²) >= 11 is 1.44. The van der Waals surface area contributed by atoms with Crippen LogP contribution in [0.5, 0.6) is 5.75 Å². The Morgan fingerprint density at radius 1 is 1.19 bits per heavy atom. The monoisotopic (exact) mass is 459 g/mol. The summed E-state index contributed by atoms with van der Waals surface area (Å²) in [5.74, 6) is 0.150. The van der Waals surface area contributed by atoms with E-state index < -0.39 is 22.0 Å². The number of fused-ring (bicyclic) bond motifs is 1. The number of hydrogen-bond acceptors (Lipinski definition) is 5. The fourth-order valence-electron chi connectivity index (χ4n) is 4.12. The highest BCUT2D eigenvalue weighted by Crippen LogP contribution is 2.28. The smallest absolute Gasteiger partial charge is 0.266 e. The molecule has 1 amide bonds. The Labute approximate surface area is 185 Å². The second kappa shape index (κ2) is 8.22. The minimum atomic E-state index is -3.80. The zero-order chi connectivity index (χ0) is 22.3. The summed E-state index contributed by atoms with van der Waals surface area (Å²) in [5, 5.41) is 0. The lowest BCUT2D eigenvalue weighted by Crippen LogP contribution is -2.40. The van der Waals surface area contributed by atoms with Gasteiger partial charge in [0.2, 0.25) is 10.0 Å². The molecule has 3 aromatic rings. The number of amides is 1. The molecule has 1 aliphatic rings. The molecule has 1 unspecified atom stereocenters. The molecule has 0 saturated carbocycles. The normalized spacial score (nSPS) is 18.1. The molecule has 9 heteroatoms. The number of carbonyl (C=O) groups excluding carboxylic acids is 1. The number of ether oxygens (including phenoxy) is 1. The lowest BCUT2D eigenvalue weighted by atomic mass is 10.1. The van der Waals surface area contributed by atoms with E-state index in [9.17, 15) is 13.2 Å². The summed E-state index contributed by atoms with van der Waals surface area (Å²) in [5.41, 5.74) is 3.31. The number of rotatable bonds is 4. The van der Waals surface area contributed by atoms with Crippen LogP contribution in [-0.4, -0.2) is 42.9 Å². The van der Waals surface area contributed by atoms with Crippen molar-refractivity contribution in [3.05, 3.63) is 52.3 Å². The van der Waals surface area contributed by atoms with Crippen molar-refractivity contribution in [3.63, 3.8) is 0 Å². The molecule has 0 spiro atoms. The van der Waals surface area contributed by atoms with Gasteiger partial charge in [-0.15, -0.1) is 0 Å². The number of aromatic nitrogens is 1. The first-order valence-electron chi connectivity index (χ1n) is 10.0. The third kappa shape index (κ3) is 3.93. The summed E-state index contributed by atoms with van der Waals surface area (Å²) in [6.07, 6.45) is 1.09. The van der Waals surface area contributed by atoms with E-state index in [1.54, 1.807) is 12.1 Å². The minimum absolute atomic E-state index is 0.145. The van der Waals surface area contributed by atoms with Crippen molar-refractivity contribution in [2.24, 2.45) is 12.0 Å². The number of sulfonamides is 1. The standard InChI is InChI=1S/C22H25N3O4S2/c1-14-12-15(2)20-19(13-14)30-22(24(20)3)23-21(26)18-6-5-11-25(18)31(27,28)17-9-7-16(29-4)8-10-17/h7-10,12-13,18H,5-6,11H2,1-4H3. The Bertz CT molecular complexity index is 1320. The molecule has 1 fully saturated rings. The Kier molecular flexibility index (Phi) is 5.76. The summed E-state index contributed by atoms with van der Waals surface area (Å²) in [4.78, 5) is 18.2. The van der Waals surface area contributed by atoms with E-state index in [2.05, 4.69) is 17.1 Å². The van der Waals surface area contributed by atoms with E-state index in [1.165, 1.54) is 34.9 Å². The number of methoxy groups -OCH3 is 1. The summed E-state index contributed by atoms with van der Waals surface area (Å²) < 4.78 is 35.7. The van der Waals surface area contributed by atoms with Crippen molar-refractivity contribution in [1.29, 1.82) is 0 Å². The van der Waals surface area contributed by atoms with Gasteiger partial charge in [-0.2, -0.15) is 9.30 Å². The maximum Gasteiger partial charge on any atom is 0.266 e. The van der Waals surface area contributed by atoms with Crippen LogP contribution in [0.25, 0.3) is 10.2 Å². The van der Waals surface area contributed by atoms with Crippen molar-refractivity contribution >= 4 is 37.5 Å². The van der Waals surface area contributed by atoms with Crippen LogP contribution in [0.2, 0.25) is 0 Å². The number of nitrogens with zero attached hydrogens (tertiary/aromatic N) is 3. The molecule has 1 aliphatic heterocycles. The van der Waals surface area contributed by atoms with E-state index in [0.29, 0.717) is 29.9 Å². The van der Waals surface area contributed by atoms with Crippen molar-refractivity contribution in [2.75, 3.05) is 13.7 Å². The van der Waals surface area contributed by atoms with Crippen LogP contribution < -0.4 is 9.54 Å². The molecule has 4 rings (SSSR count). The van der Waals surface area contributed by atoms with Crippen molar-refractivity contribution in [1.82, 2.24) is 8.87 Å². The second-order valence-corrected chi connectivity index (χ2v) is 10.7. The predicted octanol–water partition coefficient (Wildman–Crippen LogP) is 3.15. The van der Waals surface area contributed by atoms with Gasteiger partial charge < -0.3 is 9.30 Å². The fraction of sp³-hybridized carbons (Fsp3) is 0.364. The molecule has 1 atom stereocenters. The average molecular weight is 460 g/mol. The van der Waals surface area contributed by atoms with Crippen molar-refractivity contribution < 1.29 is 17.9 Å². The topological polar surface area (TPSA) is 81.0 Å². The van der Waals surface area contributed by atoms with Gasteiger partial charge in [-0.05, 0) is 68.1 Å². The molecule has 7 nitrogen and oxygen atoms in total. The van der Waals surface area contributed by atoms with Gasteiger partial charge in [0.05, 0.1) is 22.2 Å². The van der Waals surface area contributed by atoms with Crippen LogP contribution >= 0.6 is 11.3 Å². The van der Waals surface area contributed by atoms with Crippen LogP contribution in [-0.2, 0) is 21.9 Å². The van der Waals surface area contributed by atoms with Gasteiger partial charge in [-0.25, -0.2) is 8.42 Å². The van der Waals surface area contributed by atoms with Crippen LogP contribution in [0.3, 0.4) is 0 Å². The van der Waals surface area contributed by atoms with E-state index in [-0.39, 0.29) is 4.90 Å².